The van der Waals surface area contributed by atoms with Crippen molar-refractivity contribution < 1.29 is 23.8 Å². The van der Waals surface area contributed by atoms with Crippen molar-refractivity contribution in [3.05, 3.63) is 47.8 Å². The van der Waals surface area contributed by atoms with Gasteiger partial charge in [-0.25, -0.2) is 19.2 Å². The molecule has 0 saturated carbocycles. The van der Waals surface area contributed by atoms with Crippen molar-refractivity contribution in [1.29, 1.82) is 0 Å². The summed E-state index contributed by atoms with van der Waals surface area (Å²) in [5.41, 5.74) is 0.813. The number of benzene rings is 1. The molecule has 0 aliphatic carbocycles. The minimum absolute atomic E-state index is 0.0221. The molecule has 0 atom stereocenters. The van der Waals surface area contributed by atoms with Crippen molar-refractivity contribution in [2.45, 2.75) is 13.3 Å². The lowest BCUT2D eigenvalue weighted by atomic mass is 10.2. The number of methoxy groups -OCH3 is 1. The van der Waals surface area contributed by atoms with Crippen LogP contribution < -0.4 is 9.47 Å². The van der Waals surface area contributed by atoms with Crippen LogP contribution in [-0.2, 0) is 13.5 Å². The third-order valence-electron chi connectivity index (χ3n) is 3.90. The first-order valence-corrected chi connectivity index (χ1v) is 8.07. The maximum atomic E-state index is 14.1. The lowest BCUT2D eigenvalue weighted by Gasteiger charge is -2.10. The average molecular weight is 372 g/mol. The van der Waals surface area contributed by atoms with Gasteiger partial charge in [0.15, 0.2) is 23.1 Å². The maximum absolute atomic E-state index is 14.1. The van der Waals surface area contributed by atoms with E-state index in [0.717, 1.165) is 0 Å². The smallest absolute Gasteiger partial charge is 0.354 e. The van der Waals surface area contributed by atoms with Crippen LogP contribution in [0.15, 0.2) is 30.6 Å². The highest BCUT2D eigenvalue weighted by Gasteiger charge is 2.21. The molecule has 140 valence electrons. The Kier molecular flexibility index (Phi) is 5.02. The van der Waals surface area contributed by atoms with Crippen LogP contribution in [-0.4, -0.2) is 37.7 Å². The second-order valence-corrected chi connectivity index (χ2v) is 5.56. The van der Waals surface area contributed by atoms with E-state index in [4.69, 9.17) is 9.47 Å². The number of hydrogen-bond donors (Lipinski definition) is 1. The number of rotatable bonds is 6. The molecule has 0 spiro atoms. The molecule has 0 radical (unpaired) electrons. The van der Waals surface area contributed by atoms with E-state index in [0.29, 0.717) is 23.6 Å². The van der Waals surface area contributed by atoms with E-state index in [1.54, 1.807) is 13.1 Å². The van der Waals surface area contributed by atoms with E-state index in [9.17, 15) is 14.3 Å². The zero-order chi connectivity index (χ0) is 19.6. The number of ether oxygens (including phenoxy) is 2. The van der Waals surface area contributed by atoms with Crippen molar-refractivity contribution >= 4 is 5.97 Å². The molecule has 3 rings (SSSR count). The third-order valence-corrected chi connectivity index (χ3v) is 3.90. The highest BCUT2D eigenvalue weighted by Crippen LogP contribution is 2.33. The van der Waals surface area contributed by atoms with Gasteiger partial charge in [0.2, 0.25) is 11.6 Å². The lowest BCUT2D eigenvalue weighted by molar-refractivity contribution is 0.0685. The number of halogens is 1. The summed E-state index contributed by atoms with van der Waals surface area (Å²) < 4.78 is 26.1. The normalized spacial score (nSPS) is 10.7. The Hall–Kier alpha value is -3.49. The fourth-order valence-corrected chi connectivity index (χ4v) is 2.66. The fraction of sp³-hybridized carbons (Fsp3) is 0.222. The number of hydrogen-bond acceptors (Lipinski definition) is 6. The van der Waals surface area contributed by atoms with Crippen molar-refractivity contribution in [2.24, 2.45) is 7.05 Å². The van der Waals surface area contributed by atoms with E-state index in [2.05, 4.69) is 15.0 Å². The number of aryl methyl sites for hydroxylation is 1. The summed E-state index contributed by atoms with van der Waals surface area (Å²) in [7, 11) is 2.98. The fourth-order valence-electron chi connectivity index (χ4n) is 2.66. The van der Waals surface area contributed by atoms with Gasteiger partial charge in [-0.15, -0.1) is 0 Å². The van der Waals surface area contributed by atoms with Gasteiger partial charge in [0, 0.05) is 7.05 Å². The van der Waals surface area contributed by atoms with Gasteiger partial charge in [0.25, 0.3) is 0 Å². The van der Waals surface area contributed by atoms with Gasteiger partial charge in [-0.3, -0.25) is 4.98 Å². The van der Waals surface area contributed by atoms with E-state index >= 15 is 0 Å². The SMILES string of the molecule is CCc1nc(-c2cncc(Oc3c(F)cccc3OC)n2)n(C)c1C(=O)O. The molecular weight excluding hydrogens is 355 g/mol. The van der Waals surface area contributed by atoms with Crippen LogP contribution in [0.1, 0.15) is 23.1 Å². The summed E-state index contributed by atoms with van der Waals surface area (Å²) in [6, 6.07) is 4.29. The Bertz CT molecular complexity index is 1000. The molecule has 0 amide bonds. The molecule has 0 aliphatic rings. The number of carboxylic acids is 1. The lowest BCUT2D eigenvalue weighted by Crippen LogP contribution is -2.08. The molecule has 9 heteroatoms. The summed E-state index contributed by atoms with van der Waals surface area (Å²) in [5.74, 6) is -1.26. The van der Waals surface area contributed by atoms with Gasteiger partial charge in [-0.1, -0.05) is 13.0 Å². The van der Waals surface area contributed by atoms with Crippen LogP contribution in [0.2, 0.25) is 0 Å². The van der Waals surface area contributed by atoms with Gasteiger partial charge in [0.1, 0.15) is 5.69 Å². The molecular formula is C18H17FN4O4. The Morgan fingerprint density at radius 3 is 2.70 bits per heavy atom. The highest BCUT2D eigenvalue weighted by atomic mass is 19.1. The minimum atomic E-state index is -1.08. The average Bonchev–Trinajstić information content (AvgIpc) is 3.00. The van der Waals surface area contributed by atoms with Crippen molar-refractivity contribution in [3.8, 4) is 28.9 Å². The first-order valence-electron chi connectivity index (χ1n) is 8.07. The van der Waals surface area contributed by atoms with Gasteiger partial charge < -0.3 is 19.1 Å². The number of imidazole rings is 1. The Morgan fingerprint density at radius 1 is 1.30 bits per heavy atom. The second kappa shape index (κ2) is 7.40. The van der Waals surface area contributed by atoms with Crippen LogP contribution in [0, 0.1) is 5.82 Å². The highest BCUT2D eigenvalue weighted by molar-refractivity contribution is 5.88. The Labute approximate surface area is 154 Å². The summed E-state index contributed by atoms with van der Waals surface area (Å²) in [6.45, 7) is 1.81. The molecule has 0 fully saturated rings. The monoisotopic (exact) mass is 372 g/mol. The predicted molar refractivity (Wildman–Crippen MR) is 93.6 cm³/mol. The van der Waals surface area contributed by atoms with Crippen LogP contribution in [0.25, 0.3) is 11.5 Å². The number of carboxylic acid groups (broad SMARTS) is 1. The number of carbonyl (C=O) groups is 1. The largest absolute Gasteiger partial charge is 0.493 e. The standard InChI is InChI=1S/C18H17FN4O4/c1-4-11-15(18(24)25)23(2)17(22-11)12-8-20-9-14(21-12)27-16-10(19)6-5-7-13(16)26-3/h5-9H,4H2,1-3H3,(H,24,25). The van der Waals surface area contributed by atoms with Crippen LogP contribution >= 0.6 is 0 Å². The van der Waals surface area contributed by atoms with E-state index in [-0.39, 0.29) is 23.1 Å². The number of aromatic nitrogens is 4. The maximum Gasteiger partial charge on any atom is 0.354 e. The molecule has 0 unspecified atom stereocenters. The minimum Gasteiger partial charge on any atom is -0.493 e. The van der Waals surface area contributed by atoms with E-state index < -0.39 is 11.8 Å². The second-order valence-electron chi connectivity index (χ2n) is 5.56. The predicted octanol–water partition coefficient (Wildman–Crippen LogP) is 3.08. The molecule has 8 nitrogen and oxygen atoms in total. The summed E-state index contributed by atoms with van der Waals surface area (Å²) in [4.78, 5) is 24.2. The zero-order valence-corrected chi connectivity index (χ0v) is 14.9. The molecule has 0 bridgehead atoms. The van der Waals surface area contributed by atoms with E-state index in [1.807, 2.05) is 6.92 Å². The quantitative estimate of drug-likeness (QED) is 0.710. The van der Waals surface area contributed by atoms with Crippen LogP contribution in [0.3, 0.4) is 0 Å². The molecule has 0 aliphatic heterocycles. The van der Waals surface area contributed by atoms with Crippen molar-refractivity contribution in [3.63, 3.8) is 0 Å². The first-order chi connectivity index (χ1) is 13.0. The summed E-state index contributed by atoms with van der Waals surface area (Å²) >= 11 is 0. The number of nitrogens with zero attached hydrogens (tertiary/aromatic N) is 4. The van der Waals surface area contributed by atoms with Gasteiger partial charge >= 0.3 is 5.97 Å². The molecule has 2 aromatic heterocycles. The van der Waals surface area contributed by atoms with Crippen molar-refractivity contribution in [2.75, 3.05) is 7.11 Å². The number of para-hydroxylation sites is 1. The summed E-state index contributed by atoms with van der Waals surface area (Å²) in [6.07, 6.45) is 3.20. The molecule has 2 heterocycles. The van der Waals surface area contributed by atoms with Crippen molar-refractivity contribution in [1.82, 2.24) is 19.5 Å². The van der Waals surface area contributed by atoms with Gasteiger partial charge in [-0.05, 0) is 18.6 Å². The zero-order valence-electron chi connectivity index (χ0n) is 14.9. The Balaban J connectivity index is 2.02. The molecule has 27 heavy (non-hydrogen) atoms. The topological polar surface area (TPSA) is 99.4 Å². The Morgan fingerprint density at radius 2 is 2.07 bits per heavy atom. The van der Waals surface area contributed by atoms with Gasteiger partial charge in [-0.2, -0.15) is 0 Å². The van der Waals surface area contributed by atoms with E-state index in [1.165, 1.54) is 36.2 Å². The summed E-state index contributed by atoms with van der Waals surface area (Å²) in [5, 5.41) is 9.40. The molecule has 1 aromatic carbocycles. The number of aromatic carboxylic acids is 1. The van der Waals surface area contributed by atoms with Gasteiger partial charge in [0.05, 0.1) is 25.2 Å². The molecule has 3 aromatic rings. The van der Waals surface area contributed by atoms with Crippen LogP contribution in [0.5, 0.6) is 17.4 Å². The first kappa shape index (κ1) is 18.3. The third kappa shape index (κ3) is 3.43. The molecule has 0 saturated heterocycles. The van der Waals surface area contributed by atoms with Crippen LogP contribution in [0.4, 0.5) is 4.39 Å². The molecule has 1 N–H and O–H groups in total.